The average molecular weight is 376 g/mol. The lowest BCUT2D eigenvalue weighted by atomic mass is 9.78. The van der Waals surface area contributed by atoms with E-state index in [0.717, 1.165) is 22.7 Å². The molecule has 25 heavy (non-hydrogen) atoms. The van der Waals surface area contributed by atoms with Gasteiger partial charge in [0.05, 0.1) is 5.75 Å². The highest BCUT2D eigenvalue weighted by atomic mass is 32.2. The van der Waals surface area contributed by atoms with Crippen molar-refractivity contribution in [3.05, 3.63) is 16.8 Å². The monoisotopic (exact) mass is 375 g/mol. The van der Waals surface area contributed by atoms with Crippen molar-refractivity contribution in [2.24, 2.45) is 11.8 Å². The normalized spacial score (nSPS) is 25.9. The van der Waals surface area contributed by atoms with E-state index in [-0.39, 0.29) is 5.91 Å². The van der Waals surface area contributed by atoms with Gasteiger partial charge in [0.2, 0.25) is 5.91 Å². The number of carbonyl (C=O) groups is 1. The van der Waals surface area contributed by atoms with Gasteiger partial charge in [-0.1, -0.05) is 38.5 Å². The summed E-state index contributed by atoms with van der Waals surface area (Å²) >= 11 is 3.36. The molecule has 6 heteroatoms. The van der Waals surface area contributed by atoms with E-state index in [9.17, 15) is 4.79 Å². The van der Waals surface area contributed by atoms with Gasteiger partial charge in [-0.2, -0.15) is 0 Å². The first-order valence-corrected chi connectivity index (χ1v) is 11.1. The fourth-order valence-corrected chi connectivity index (χ4v) is 6.31. The van der Waals surface area contributed by atoms with Crippen molar-refractivity contribution in [3.8, 4) is 0 Å². The number of aromatic nitrogens is 2. The quantitative estimate of drug-likeness (QED) is 0.642. The molecule has 2 heterocycles. The third-order valence-corrected chi connectivity index (χ3v) is 8.05. The van der Waals surface area contributed by atoms with Crippen LogP contribution in [0.5, 0.6) is 0 Å². The topological polar surface area (TPSA) is 54.9 Å². The number of thiophene rings is 1. The summed E-state index contributed by atoms with van der Waals surface area (Å²) in [4.78, 5) is 23.9. The van der Waals surface area contributed by atoms with Crippen LogP contribution in [-0.4, -0.2) is 27.7 Å². The molecule has 2 aromatic heterocycles. The van der Waals surface area contributed by atoms with Crippen LogP contribution in [-0.2, 0) is 17.6 Å². The van der Waals surface area contributed by atoms with Crippen LogP contribution >= 0.6 is 23.1 Å². The Hall–Kier alpha value is -1.14. The molecule has 4 rings (SSSR count). The third kappa shape index (κ3) is 3.43. The van der Waals surface area contributed by atoms with Crippen molar-refractivity contribution in [1.29, 1.82) is 0 Å². The van der Waals surface area contributed by atoms with E-state index in [1.807, 2.05) is 0 Å². The average Bonchev–Trinajstić information content (AvgIpc) is 3.18. The first-order chi connectivity index (χ1) is 12.1. The fraction of sp³-hybridized carbons (Fsp3) is 0.632. The first kappa shape index (κ1) is 17.3. The minimum absolute atomic E-state index is 0.134. The van der Waals surface area contributed by atoms with Gasteiger partial charge in [-0.15, -0.1) is 11.3 Å². The number of nitrogens with zero attached hydrogens (tertiary/aromatic N) is 2. The summed E-state index contributed by atoms with van der Waals surface area (Å²) in [7, 11) is 0. The SMILES string of the molecule is C[C@H]1[C@H](C)CCC[C@@H]1NC(=O)CSc1ncnc2sc3c(c12)CCC3. The Morgan fingerprint density at radius 2 is 2.16 bits per heavy atom. The van der Waals surface area contributed by atoms with Gasteiger partial charge in [0.15, 0.2) is 0 Å². The summed E-state index contributed by atoms with van der Waals surface area (Å²) in [5.74, 6) is 1.83. The van der Waals surface area contributed by atoms with E-state index in [4.69, 9.17) is 0 Å². The predicted octanol–water partition coefficient (Wildman–Crippen LogP) is 4.21. The molecular weight excluding hydrogens is 350 g/mol. The van der Waals surface area contributed by atoms with Crippen LogP contribution in [0, 0.1) is 11.8 Å². The summed E-state index contributed by atoms with van der Waals surface area (Å²) in [5.41, 5.74) is 1.43. The van der Waals surface area contributed by atoms with Crippen molar-refractivity contribution in [2.75, 3.05) is 5.75 Å². The molecule has 0 spiro atoms. The molecule has 134 valence electrons. The number of fused-ring (bicyclic) bond motifs is 3. The zero-order valence-electron chi connectivity index (χ0n) is 14.9. The Bertz CT molecular complexity index is 788. The lowest BCUT2D eigenvalue weighted by molar-refractivity contribution is -0.119. The number of aryl methyl sites for hydroxylation is 2. The minimum atomic E-state index is 0.134. The maximum absolute atomic E-state index is 12.5. The smallest absolute Gasteiger partial charge is 0.230 e. The molecule has 0 saturated heterocycles. The molecule has 0 unspecified atom stereocenters. The molecule has 2 aliphatic rings. The summed E-state index contributed by atoms with van der Waals surface area (Å²) in [6.07, 6.45) is 8.77. The van der Waals surface area contributed by atoms with E-state index in [0.29, 0.717) is 23.6 Å². The predicted molar refractivity (Wildman–Crippen MR) is 104 cm³/mol. The minimum Gasteiger partial charge on any atom is -0.352 e. The number of carbonyl (C=O) groups excluding carboxylic acids is 1. The molecule has 0 radical (unpaired) electrons. The van der Waals surface area contributed by atoms with Crippen LogP contribution in [0.1, 0.15) is 50.0 Å². The van der Waals surface area contributed by atoms with E-state index in [2.05, 4.69) is 29.1 Å². The number of hydrogen-bond acceptors (Lipinski definition) is 5. The van der Waals surface area contributed by atoms with Gasteiger partial charge in [-0.05, 0) is 43.1 Å². The van der Waals surface area contributed by atoms with Crippen LogP contribution in [0.15, 0.2) is 11.4 Å². The molecule has 2 aromatic rings. The number of rotatable bonds is 4. The van der Waals surface area contributed by atoms with Gasteiger partial charge in [0.1, 0.15) is 16.2 Å². The summed E-state index contributed by atoms with van der Waals surface area (Å²) in [6.45, 7) is 4.57. The van der Waals surface area contributed by atoms with Gasteiger partial charge in [0, 0.05) is 16.3 Å². The van der Waals surface area contributed by atoms with E-state index >= 15 is 0 Å². The molecule has 3 atom stereocenters. The maximum atomic E-state index is 12.5. The fourth-order valence-electron chi connectivity index (χ4n) is 4.18. The largest absolute Gasteiger partial charge is 0.352 e. The summed E-state index contributed by atoms with van der Waals surface area (Å²) in [5, 5.41) is 5.45. The zero-order valence-corrected chi connectivity index (χ0v) is 16.5. The van der Waals surface area contributed by atoms with Crippen molar-refractivity contribution in [1.82, 2.24) is 15.3 Å². The highest BCUT2D eigenvalue weighted by Crippen LogP contribution is 2.40. The second-order valence-corrected chi connectivity index (χ2v) is 9.49. The second kappa shape index (κ2) is 7.23. The van der Waals surface area contributed by atoms with Crippen LogP contribution in [0.25, 0.3) is 10.2 Å². The van der Waals surface area contributed by atoms with E-state index in [1.165, 1.54) is 41.5 Å². The van der Waals surface area contributed by atoms with E-state index in [1.54, 1.807) is 29.4 Å². The molecule has 0 aliphatic heterocycles. The number of thioether (sulfide) groups is 1. The Kier molecular flexibility index (Phi) is 5.00. The molecule has 0 bridgehead atoms. The highest BCUT2D eigenvalue weighted by Gasteiger charge is 2.28. The Labute approximate surface area is 157 Å². The van der Waals surface area contributed by atoms with Gasteiger partial charge < -0.3 is 5.32 Å². The number of amides is 1. The third-order valence-electron chi connectivity index (χ3n) is 5.86. The standard InChI is InChI=1S/C19H25N3OS2/c1-11-5-3-7-14(12(11)2)22-16(23)9-24-18-17-13-6-4-8-15(13)25-19(17)21-10-20-18/h10-12,14H,3-9H2,1-2H3,(H,22,23)/t11-,12+,14+/m1/s1. The maximum Gasteiger partial charge on any atom is 0.230 e. The Morgan fingerprint density at radius 1 is 1.28 bits per heavy atom. The zero-order chi connectivity index (χ0) is 17.4. The van der Waals surface area contributed by atoms with Crippen LogP contribution in [0.2, 0.25) is 0 Å². The molecule has 1 saturated carbocycles. The van der Waals surface area contributed by atoms with Crippen molar-refractivity contribution in [2.45, 2.75) is 63.4 Å². The summed E-state index contributed by atoms with van der Waals surface area (Å²) in [6, 6.07) is 0.327. The molecule has 0 aromatic carbocycles. The van der Waals surface area contributed by atoms with Gasteiger partial charge in [0.25, 0.3) is 0 Å². The molecule has 1 fully saturated rings. The molecule has 1 N–H and O–H groups in total. The van der Waals surface area contributed by atoms with Crippen molar-refractivity contribution in [3.63, 3.8) is 0 Å². The Balaban J connectivity index is 1.43. The van der Waals surface area contributed by atoms with Crippen molar-refractivity contribution >= 4 is 39.2 Å². The lowest BCUT2D eigenvalue weighted by Gasteiger charge is -2.34. The molecule has 4 nitrogen and oxygen atoms in total. The van der Waals surface area contributed by atoms with Gasteiger partial charge >= 0.3 is 0 Å². The molecule has 1 amide bonds. The van der Waals surface area contributed by atoms with E-state index < -0.39 is 0 Å². The Morgan fingerprint density at radius 3 is 3.04 bits per heavy atom. The second-order valence-electron chi connectivity index (χ2n) is 7.45. The summed E-state index contributed by atoms with van der Waals surface area (Å²) < 4.78 is 0. The lowest BCUT2D eigenvalue weighted by Crippen LogP contribution is -2.44. The van der Waals surface area contributed by atoms with Crippen LogP contribution < -0.4 is 5.32 Å². The van der Waals surface area contributed by atoms with Crippen molar-refractivity contribution < 1.29 is 4.79 Å². The molecular formula is C19H25N3OS2. The number of hydrogen-bond donors (Lipinski definition) is 1. The number of nitrogens with one attached hydrogen (secondary N) is 1. The highest BCUT2D eigenvalue weighted by molar-refractivity contribution is 8.00. The van der Waals surface area contributed by atoms with Gasteiger partial charge in [-0.3, -0.25) is 4.79 Å². The van der Waals surface area contributed by atoms with Gasteiger partial charge in [-0.25, -0.2) is 9.97 Å². The van der Waals surface area contributed by atoms with Crippen LogP contribution in [0.3, 0.4) is 0 Å². The first-order valence-electron chi connectivity index (χ1n) is 9.31. The van der Waals surface area contributed by atoms with Crippen LogP contribution in [0.4, 0.5) is 0 Å². The molecule has 2 aliphatic carbocycles.